The van der Waals surface area contributed by atoms with Crippen LogP contribution in [-0.2, 0) is 0 Å². The second kappa shape index (κ2) is 5.36. The van der Waals surface area contributed by atoms with Crippen molar-refractivity contribution in [2.24, 2.45) is 0 Å². The first-order valence-electron chi connectivity index (χ1n) is 6.31. The van der Waals surface area contributed by atoms with E-state index in [0.717, 1.165) is 28.7 Å². The monoisotopic (exact) mass is 275 g/mol. The fraction of sp³-hybridized carbons (Fsp3) is 0.333. The normalized spacial score (nSPS) is 10.8. The summed E-state index contributed by atoms with van der Waals surface area (Å²) >= 11 is 0. The van der Waals surface area contributed by atoms with Gasteiger partial charge in [0.25, 0.3) is 0 Å². The highest BCUT2D eigenvalue weighted by Crippen LogP contribution is 2.34. The molecule has 0 amide bonds. The number of methoxy groups -OCH3 is 1. The smallest absolute Gasteiger partial charge is 0.357 e. The van der Waals surface area contributed by atoms with Gasteiger partial charge in [0.05, 0.1) is 7.11 Å². The summed E-state index contributed by atoms with van der Waals surface area (Å²) in [6.07, 6.45) is 1.15. The Balaban J connectivity index is 2.55. The number of hydrogen-bond donors (Lipinski definition) is 1. The van der Waals surface area contributed by atoms with Gasteiger partial charge >= 0.3 is 5.97 Å². The number of nitrogens with zero attached hydrogens (tertiary/aromatic N) is 1. The molecule has 5 heteroatoms. The van der Waals surface area contributed by atoms with E-state index in [1.54, 1.807) is 7.11 Å². The summed E-state index contributed by atoms with van der Waals surface area (Å²) in [6.45, 7) is 6.04. The van der Waals surface area contributed by atoms with Gasteiger partial charge in [-0.1, -0.05) is 13.8 Å². The number of carboxylic acid groups (broad SMARTS) is 1. The molecular weight excluding hydrogens is 258 g/mol. The lowest BCUT2D eigenvalue weighted by Crippen LogP contribution is -1.98. The molecule has 0 aliphatic rings. The second-order valence-corrected chi connectivity index (χ2v) is 4.91. The number of aryl methyl sites for hydroxylation is 1. The van der Waals surface area contributed by atoms with Crippen LogP contribution in [0.15, 0.2) is 22.8 Å². The van der Waals surface area contributed by atoms with Crippen LogP contribution < -0.4 is 4.74 Å². The second-order valence-electron chi connectivity index (χ2n) is 4.91. The largest absolute Gasteiger partial charge is 0.496 e. The lowest BCUT2D eigenvalue weighted by Gasteiger charge is -2.14. The highest BCUT2D eigenvalue weighted by atomic mass is 16.5. The molecule has 0 aliphatic heterocycles. The van der Waals surface area contributed by atoms with E-state index in [0.29, 0.717) is 5.89 Å². The van der Waals surface area contributed by atoms with Crippen molar-refractivity contribution < 1.29 is 19.1 Å². The minimum atomic E-state index is -1.10. The van der Waals surface area contributed by atoms with Gasteiger partial charge in [-0.2, -0.15) is 0 Å². The molecule has 20 heavy (non-hydrogen) atoms. The molecule has 0 radical (unpaired) electrons. The van der Waals surface area contributed by atoms with Gasteiger partial charge in [-0.3, -0.25) is 0 Å². The van der Waals surface area contributed by atoms with Gasteiger partial charge in [-0.25, -0.2) is 9.78 Å². The maximum atomic E-state index is 10.9. The van der Waals surface area contributed by atoms with E-state index in [4.69, 9.17) is 14.3 Å². The molecule has 0 saturated carbocycles. The summed E-state index contributed by atoms with van der Waals surface area (Å²) in [4.78, 5) is 14.9. The average molecular weight is 275 g/mol. The van der Waals surface area contributed by atoms with E-state index in [9.17, 15) is 4.79 Å². The maximum Gasteiger partial charge on any atom is 0.357 e. The SMILES string of the molecule is COc1cc(C)c(-c2nc(C(=O)O)co2)cc1C(C)C. The highest BCUT2D eigenvalue weighted by Gasteiger charge is 2.17. The fourth-order valence-corrected chi connectivity index (χ4v) is 2.05. The van der Waals surface area contributed by atoms with Crippen molar-refractivity contribution in [3.8, 4) is 17.2 Å². The Labute approximate surface area is 117 Å². The topological polar surface area (TPSA) is 72.6 Å². The Morgan fingerprint density at radius 3 is 2.60 bits per heavy atom. The molecule has 2 aromatic rings. The summed E-state index contributed by atoms with van der Waals surface area (Å²) in [6, 6.07) is 3.85. The van der Waals surface area contributed by atoms with Crippen molar-refractivity contribution in [1.82, 2.24) is 4.98 Å². The summed E-state index contributed by atoms with van der Waals surface area (Å²) < 4.78 is 10.6. The van der Waals surface area contributed by atoms with Crippen molar-refractivity contribution in [3.05, 3.63) is 35.2 Å². The lowest BCUT2D eigenvalue weighted by molar-refractivity contribution is 0.0690. The minimum Gasteiger partial charge on any atom is -0.496 e. The molecule has 1 aromatic heterocycles. The van der Waals surface area contributed by atoms with E-state index in [1.807, 2.05) is 19.1 Å². The predicted molar refractivity (Wildman–Crippen MR) is 74.3 cm³/mol. The van der Waals surface area contributed by atoms with Gasteiger partial charge in [0.1, 0.15) is 12.0 Å². The van der Waals surface area contributed by atoms with Gasteiger partial charge < -0.3 is 14.3 Å². The van der Waals surface area contributed by atoms with Crippen molar-refractivity contribution in [1.29, 1.82) is 0 Å². The Bertz CT molecular complexity index is 643. The zero-order valence-electron chi connectivity index (χ0n) is 11.9. The van der Waals surface area contributed by atoms with Crippen LogP contribution >= 0.6 is 0 Å². The first-order chi connectivity index (χ1) is 9.43. The van der Waals surface area contributed by atoms with Crippen molar-refractivity contribution >= 4 is 5.97 Å². The quantitative estimate of drug-likeness (QED) is 0.924. The highest BCUT2D eigenvalue weighted by molar-refractivity contribution is 5.85. The number of rotatable bonds is 4. The molecule has 106 valence electrons. The molecule has 0 aliphatic carbocycles. The molecule has 0 saturated heterocycles. The van der Waals surface area contributed by atoms with E-state index >= 15 is 0 Å². The number of carboxylic acids is 1. The third-order valence-corrected chi connectivity index (χ3v) is 3.15. The standard InChI is InChI=1S/C15H17NO4/c1-8(2)10-6-11(9(3)5-13(10)19-4)14-16-12(7-20-14)15(17)18/h5-8H,1-4H3,(H,17,18). The number of oxazole rings is 1. The number of aromatic nitrogens is 1. The van der Waals surface area contributed by atoms with Gasteiger partial charge in [0.15, 0.2) is 5.69 Å². The van der Waals surface area contributed by atoms with Crippen LogP contribution in [-0.4, -0.2) is 23.2 Å². The molecule has 0 atom stereocenters. The van der Waals surface area contributed by atoms with E-state index in [1.165, 1.54) is 0 Å². The first kappa shape index (κ1) is 14.1. The minimum absolute atomic E-state index is 0.0960. The number of aromatic carboxylic acids is 1. The van der Waals surface area contributed by atoms with Crippen LogP contribution in [0.1, 0.15) is 41.4 Å². The molecule has 2 rings (SSSR count). The summed E-state index contributed by atoms with van der Waals surface area (Å²) in [5.74, 6) is 0.296. The van der Waals surface area contributed by atoms with Crippen LogP contribution in [0.4, 0.5) is 0 Å². The number of ether oxygens (including phenoxy) is 1. The first-order valence-corrected chi connectivity index (χ1v) is 6.31. The third kappa shape index (κ3) is 2.52. The molecule has 1 heterocycles. The van der Waals surface area contributed by atoms with Gasteiger partial charge in [0.2, 0.25) is 5.89 Å². The Hall–Kier alpha value is -2.30. The molecule has 1 aromatic carbocycles. The zero-order chi connectivity index (χ0) is 14.9. The Morgan fingerprint density at radius 2 is 2.10 bits per heavy atom. The summed E-state index contributed by atoms with van der Waals surface area (Å²) in [7, 11) is 1.63. The molecule has 0 unspecified atom stereocenters. The molecule has 0 spiro atoms. The van der Waals surface area contributed by atoms with E-state index in [2.05, 4.69) is 18.8 Å². The van der Waals surface area contributed by atoms with Crippen LogP contribution in [0.3, 0.4) is 0 Å². The lowest BCUT2D eigenvalue weighted by atomic mass is 9.96. The molecule has 1 N–H and O–H groups in total. The zero-order valence-corrected chi connectivity index (χ0v) is 11.9. The van der Waals surface area contributed by atoms with Crippen LogP contribution in [0.2, 0.25) is 0 Å². The van der Waals surface area contributed by atoms with Crippen LogP contribution in [0, 0.1) is 6.92 Å². The van der Waals surface area contributed by atoms with Gasteiger partial charge in [0, 0.05) is 5.56 Å². The Kier molecular flexibility index (Phi) is 3.79. The molecule has 5 nitrogen and oxygen atoms in total. The Morgan fingerprint density at radius 1 is 1.40 bits per heavy atom. The molecule has 0 bridgehead atoms. The van der Waals surface area contributed by atoms with E-state index < -0.39 is 5.97 Å². The number of carbonyl (C=O) groups is 1. The fourth-order valence-electron chi connectivity index (χ4n) is 2.05. The van der Waals surface area contributed by atoms with Crippen molar-refractivity contribution in [2.45, 2.75) is 26.7 Å². The number of hydrogen-bond acceptors (Lipinski definition) is 4. The van der Waals surface area contributed by atoms with Crippen molar-refractivity contribution in [2.75, 3.05) is 7.11 Å². The van der Waals surface area contributed by atoms with Crippen LogP contribution in [0.25, 0.3) is 11.5 Å². The summed E-state index contributed by atoms with van der Waals surface area (Å²) in [5, 5.41) is 8.90. The van der Waals surface area contributed by atoms with E-state index in [-0.39, 0.29) is 11.6 Å². The average Bonchev–Trinajstić information content (AvgIpc) is 2.87. The third-order valence-electron chi connectivity index (χ3n) is 3.15. The van der Waals surface area contributed by atoms with Gasteiger partial charge in [-0.15, -0.1) is 0 Å². The van der Waals surface area contributed by atoms with Crippen molar-refractivity contribution in [3.63, 3.8) is 0 Å². The predicted octanol–water partition coefficient (Wildman–Crippen LogP) is 3.48. The van der Waals surface area contributed by atoms with Gasteiger partial charge in [-0.05, 0) is 36.1 Å². The maximum absolute atomic E-state index is 10.9. The number of benzene rings is 1. The molecular formula is C15H17NO4. The molecule has 0 fully saturated rings. The van der Waals surface area contributed by atoms with Crippen LogP contribution in [0.5, 0.6) is 5.75 Å². The summed E-state index contributed by atoms with van der Waals surface area (Å²) in [5.41, 5.74) is 2.64.